The van der Waals surface area contributed by atoms with Crippen LogP contribution in [-0.2, 0) is 9.59 Å². The minimum Gasteiger partial charge on any atom is -0.384 e. The number of allylic oxidation sites excluding steroid dienone is 4. The van der Waals surface area contributed by atoms with Gasteiger partial charge >= 0.3 is 0 Å². The predicted octanol–water partition coefficient (Wildman–Crippen LogP) is 5.74. The number of anilines is 2. The van der Waals surface area contributed by atoms with Crippen LogP contribution in [0.3, 0.4) is 0 Å². The Morgan fingerprint density at radius 2 is 2.00 bits per heavy atom. The van der Waals surface area contributed by atoms with Crippen molar-refractivity contribution in [3.63, 3.8) is 0 Å². The molecule has 0 fully saturated rings. The first-order chi connectivity index (χ1) is 19.4. The number of benzene rings is 2. The molecule has 1 atom stereocenters. The first kappa shape index (κ1) is 27.4. The maximum atomic E-state index is 13.2. The first-order valence-electron chi connectivity index (χ1n) is 12.9. The number of thioether (sulfide) groups is 1. The van der Waals surface area contributed by atoms with Gasteiger partial charge in [0.1, 0.15) is 5.82 Å². The third-order valence-corrected chi connectivity index (χ3v) is 8.98. The Morgan fingerprint density at radius 1 is 1.20 bits per heavy atom. The summed E-state index contributed by atoms with van der Waals surface area (Å²) in [5.74, 6) is -0.254. The molecule has 0 radical (unpaired) electrons. The highest BCUT2D eigenvalue weighted by molar-refractivity contribution is 8.01. The van der Waals surface area contributed by atoms with Gasteiger partial charge in [0.25, 0.3) is 0 Å². The molecule has 40 heavy (non-hydrogen) atoms. The number of aromatic nitrogens is 2. The summed E-state index contributed by atoms with van der Waals surface area (Å²) in [6.07, 6.45) is 5.55. The molecular weight excluding hydrogens is 541 g/mol. The minimum absolute atomic E-state index is 0.0105. The van der Waals surface area contributed by atoms with E-state index in [9.17, 15) is 14.9 Å². The minimum atomic E-state index is -0.528. The van der Waals surface area contributed by atoms with Crippen LogP contribution in [0.4, 0.5) is 10.8 Å². The van der Waals surface area contributed by atoms with Gasteiger partial charge in [0, 0.05) is 29.3 Å². The van der Waals surface area contributed by atoms with Crippen LogP contribution in [0.25, 0.3) is 6.08 Å². The molecule has 0 spiro atoms. The van der Waals surface area contributed by atoms with Crippen LogP contribution >= 0.6 is 23.1 Å². The number of carbonyl (C=O) groups excluding carboxylic acids is 2. The third-order valence-electron chi connectivity index (χ3n) is 6.94. The average Bonchev–Trinajstić information content (AvgIpc) is 3.41. The Kier molecular flexibility index (Phi) is 8.14. The van der Waals surface area contributed by atoms with Crippen LogP contribution in [-0.4, -0.2) is 27.6 Å². The fraction of sp³-hybridized carbons (Fsp3) is 0.233. The number of nitriles is 1. The SMILES string of the molecule is Cc1ccc(NC(=O)CSc2nnc(N3C(N)=C(C#N)C(/C=C/c4ccccc4)C4=C3CCCC4=O)s2)cc1C. The summed E-state index contributed by atoms with van der Waals surface area (Å²) < 4.78 is 0.590. The molecule has 0 saturated heterocycles. The number of rotatable bonds is 7. The summed E-state index contributed by atoms with van der Waals surface area (Å²) in [7, 11) is 0. The molecule has 0 bridgehead atoms. The summed E-state index contributed by atoms with van der Waals surface area (Å²) in [5, 5.41) is 22.1. The highest BCUT2D eigenvalue weighted by Crippen LogP contribution is 2.44. The number of hydrogen-bond donors (Lipinski definition) is 2. The Morgan fingerprint density at radius 3 is 2.75 bits per heavy atom. The summed E-state index contributed by atoms with van der Waals surface area (Å²) in [5.41, 5.74) is 12.2. The van der Waals surface area contributed by atoms with E-state index in [1.54, 1.807) is 4.90 Å². The molecule has 2 aliphatic rings. The lowest BCUT2D eigenvalue weighted by atomic mass is 9.79. The second kappa shape index (κ2) is 11.9. The quantitative estimate of drug-likeness (QED) is 0.346. The van der Waals surface area contributed by atoms with Gasteiger partial charge in [-0.3, -0.25) is 14.5 Å². The van der Waals surface area contributed by atoms with E-state index in [0.29, 0.717) is 39.9 Å². The normalized spacial score (nSPS) is 17.3. The van der Waals surface area contributed by atoms with E-state index in [1.165, 1.54) is 23.1 Å². The van der Waals surface area contributed by atoms with E-state index < -0.39 is 5.92 Å². The molecule has 3 N–H and O–H groups in total. The molecule has 3 aromatic rings. The Balaban J connectivity index is 1.38. The lowest BCUT2D eigenvalue weighted by Crippen LogP contribution is -2.39. The van der Waals surface area contributed by atoms with Crippen molar-refractivity contribution in [1.82, 2.24) is 10.2 Å². The van der Waals surface area contributed by atoms with Crippen molar-refractivity contribution in [3.8, 4) is 6.07 Å². The van der Waals surface area contributed by atoms with E-state index >= 15 is 0 Å². The van der Waals surface area contributed by atoms with Crippen molar-refractivity contribution in [2.75, 3.05) is 16.0 Å². The van der Waals surface area contributed by atoms with Gasteiger partial charge in [-0.1, -0.05) is 71.6 Å². The molecule has 1 aromatic heterocycles. The second-order valence-electron chi connectivity index (χ2n) is 9.62. The molecule has 2 aromatic carbocycles. The molecule has 202 valence electrons. The van der Waals surface area contributed by atoms with Gasteiger partial charge in [-0.25, -0.2) is 0 Å². The number of carbonyl (C=O) groups is 2. The lowest BCUT2D eigenvalue weighted by Gasteiger charge is -2.37. The lowest BCUT2D eigenvalue weighted by molar-refractivity contribution is -0.116. The number of ketones is 1. The maximum absolute atomic E-state index is 13.2. The zero-order valence-corrected chi connectivity index (χ0v) is 23.8. The zero-order valence-electron chi connectivity index (χ0n) is 22.2. The van der Waals surface area contributed by atoms with Crippen molar-refractivity contribution in [2.45, 2.75) is 37.4 Å². The molecule has 1 aliphatic heterocycles. The van der Waals surface area contributed by atoms with Crippen molar-refractivity contribution in [2.24, 2.45) is 11.7 Å². The van der Waals surface area contributed by atoms with Gasteiger partial charge in [0.2, 0.25) is 11.0 Å². The highest BCUT2D eigenvalue weighted by Gasteiger charge is 2.39. The Bertz CT molecular complexity index is 1600. The number of nitrogens with two attached hydrogens (primary N) is 1. The maximum Gasteiger partial charge on any atom is 0.234 e. The smallest absolute Gasteiger partial charge is 0.234 e. The van der Waals surface area contributed by atoms with Gasteiger partial charge in [0.05, 0.1) is 17.4 Å². The highest BCUT2D eigenvalue weighted by atomic mass is 32.2. The topological polar surface area (TPSA) is 125 Å². The molecule has 10 heteroatoms. The van der Waals surface area contributed by atoms with Gasteiger partial charge < -0.3 is 11.1 Å². The van der Waals surface area contributed by atoms with Gasteiger partial charge in [0.15, 0.2) is 10.1 Å². The van der Waals surface area contributed by atoms with Crippen LogP contribution in [0, 0.1) is 31.1 Å². The van der Waals surface area contributed by atoms with Crippen LogP contribution in [0.1, 0.15) is 36.0 Å². The number of nitrogens with one attached hydrogen (secondary N) is 1. The Labute approximate surface area is 241 Å². The summed E-state index contributed by atoms with van der Waals surface area (Å²) in [6, 6.07) is 17.8. The monoisotopic (exact) mass is 568 g/mol. The van der Waals surface area contributed by atoms with Crippen molar-refractivity contribution in [1.29, 1.82) is 5.26 Å². The van der Waals surface area contributed by atoms with Crippen LogP contribution in [0.5, 0.6) is 0 Å². The number of Topliss-reactive ketones (excluding diaryl/α,β-unsaturated/α-hetero) is 1. The summed E-state index contributed by atoms with van der Waals surface area (Å²) in [4.78, 5) is 27.4. The first-order valence-corrected chi connectivity index (χ1v) is 14.7. The number of nitrogens with zero attached hydrogens (tertiary/aromatic N) is 4. The van der Waals surface area contributed by atoms with Crippen LogP contribution in [0.15, 0.2) is 81.6 Å². The largest absolute Gasteiger partial charge is 0.384 e. The molecule has 1 aliphatic carbocycles. The van der Waals surface area contributed by atoms with E-state index in [0.717, 1.165) is 28.1 Å². The third kappa shape index (κ3) is 5.71. The molecule has 8 nitrogen and oxygen atoms in total. The van der Waals surface area contributed by atoms with Crippen molar-refractivity contribution >= 4 is 51.7 Å². The second-order valence-corrected chi connectivity index (χ2v) is 11.8. The molecule has 5 rings (SSSR count). The molecular formula is C30H28N6O2S2. The van der Waals surface area contributed by atoms with E-state index in [2.05, 4.69) is 21.6 Å². The van der Waals surface area contributed by atoms with Gasteiger partial charge in [-0.2, -0.15) is 5.26 Å². The molecule has 0 saturated carbocycles. The fourth-order valence-corrected chi connectivity index (χ4v) is 6.49. The van der Waals surface area contributed by atoms with E-state index in [4.69, 9.17) is 5.73 Å². The molecule has 2 heterocycles. The standard InChI is InChI=1S/C30H28N6O2S2/c1-18-11-13-21(15-19(18)2)33-26(38)17-39-30-35-34-29(40-30)36-24-9-6-10-25(37)27(24)22(23(16-31)28(36)32)14-12-20-7-4-3-5-8-20/h3-5,7-8,11-15,22H,6,9-10,17,32H2,1-2H3,(H,33,38)/b14-12+. The fourth-order valence-electron chi connectivity index (χ4n) is 4.81. The average molecular weight is 569 g/mol. The van der Waals surface area contributed by atoms with Gasteiger partial charge in [-0.05, 0) is 55.5 Å². The summed E-state index contributed by atoms with van der Waals surface area (Å²) in [6.45, 7) is 4.03. The Hall–Kier alpha value is -4.20. The van der Waals surface area contributed by atoms with E-state index in [-0.39, 0.29) is 23.3 Å². The van der Waals surface area contributed by atoms with Crippen LogP contribution in [0.2, 0.25) is 0 Å². The molecule has 1 unspecified atom stereocenters. The number of amides is 1. The predicted molar refractivity (Wildman–Crippen MR) is 159 cm³/mol. The van der Waals surface area contributed by atoms with Gasteiger partial charge in [-0.15, -0.1) is 10.2 Å². The number of aryl methyl sites for hydroxylation is 2. The van der Waals surface area contributed by atoms with Crippen molar-refractivity contribution < 1.29 is 9.59 Å². The summed E-state index contributed by atoms with van der Waals surface area (Å²) >= 11 is 2.55. The zero-order chi connectivity index (χ0) is 28.2. The van der Waals surface area contributed by atoms with Crippen LogP contribution < -0.4 is 16.0 Å². The van der Waals surface area contributed by atoms with E-state index in [1.807, 2.05) is 74.5 Å². The molecule has 1 amide bonds. The van der Waals surface area contributed by atoms with Crippen molar-refractivity contribution in [3.05, 3.63) is 94.0 Å². The number of hydrogen-bond acceptors (Lipinski definition) is 9.